The van der Waals surface area contributed by atoms with Crippen molar-refractivity contribution in [2.24, 2.45) is 0 Å². The lowest BCUT2D eigenvalue weighted by Gasteiger charge is -2.23. The van der Waals surface area contributed by atoms with Crippen molar-refractivity contribution in [2.45, 2.75) is 20.0 Å². The van der Waals surface area contributed by atoms with Gasteiger partial charge in [-0.05, 0) is 30.2 Å². The van der Waals surface area contributed by atoms with Crippen molar-refractivity contribution in [2.75, 3.05) is 6.61 Å². The maximum atomic E-state index is 12.7. The minimum Gasteiger partial charge on any atom is -0.451 e. The van der Waals surface area contributed by atoms with E-state index in [0.29, 0.717) is 18.0 Å². The van der Waals surface area contributed by atoms with Crippen LogP contribution in [0.2, 0.25) is 0 Å². The molecule has 0 radical (unpaired) electrons. The molecular weight excluding hydrogens is 358 g/mol. The normalized spacial score (nSPS) is 10.4. The number of amides is 1. The van der Waals surface area contributed by atoms with Crippen molar-refractivity contribution < 1.29 is 14.3 Å². The number of carbonyl (C=O) groups is 2. The fourth-order valence-corrected chi connectivity index (χ4v) is 3.44. The van der Waals surface area contributed by atoms with Gasteiger partial charge in [-0.2, -0.15) is 0 Å². The molecule has 0 fully saturated rings. The first-order valence-electron chi connectivity index (χ1n) is 8.71. The van der Waals surface area contributed by atoms with Gasteiger partial charge in [0, 0.05) is 18.0 Å². The molecule has 0 aliphatic rings. The zero-order valence-corrected chi connectivity index (χ0v) is 15.9. The van der Waals surface area contributed by atoms with Crippen LogP contribution in [0.4, 0.5) is 0 Å². The molecule has 3 rings (SSSR count). The molecule has 0 spiro atoms. The largest absolute Gasteiger partial charge is 0.451 e. The van der Waals surface area contributed by atoms with Crippen LogP contribution >= 0.6 is 11.3 Å². The monoisotopic (exact) mass is 379 g/mol. The SMILES string of the molecule is Cc1ccc(C(=O)OCC(=O)N(Cc2ccccc2)Cc2ccccc2)s1. The summed E-state index contributed by atoms with van der Waals surface area (Å²) < 4.78 is 5.24. The molecule has 0 aliphatic heterocycles. The Labute approximate surface area is 163 Å². The molecule has 0 N–H and O–H groups in total. The van der Waals surface area contributed by atoms with Gasteiger partial charge in [0.2, 0.25) is 0 Å². The fraction of sp³-hybridized carbons (Fsp3) is 0.182. The lowest BCUT2D eigenvalue weighted by Crippen LogP contribution is -2.33. The van der Waals surface area contributed by atoms with Gasteiger partial charge in [0.25, 0.3) is 5.91 Å². The zero-order valence-electron chi connectivity index (χ0n) is 15.1. The third kappa shape index (κ3) is 5.53. The molecule has 0 unspecified atom stereocenters. The molecule has 3 aromatic rings. The second-order valence-corrected chi connectivity index (χ2v) is 7.50. The van der Waals surface area contributed by atoms with Crippen molar-refractivity contribution in [3.63, 3.8) is 0 Å². The Morgan fingerprint density at radius 2 is 1.41 bits per heavy atom. The molecule has 27 heavy (non-hydrogen) atoms. The number of carbonyl (C=O) groups excluding carboxylic acids is 2. The number of esters is 1. The van der Waals surface area contributed by atoms with Crippen LogP contribution in [-0.2, 0) is 22.6 Å². The first-order chi connectivity index (χ1) is 13.1. The molecule has 0 atom stereocenters. The maximum absolute atomic E-state index is 12.7. The third-order valence-corrected chi connectivity index (χ3v) is 5.03. The van der Waals surface area contributed by atoms with E-state index in [0.717, 1.165) is 16.0 Å². The predicted molar refractivity (Wildman–Crippen MR) is 106 cm³/mol. The Hall–Kier alpha value is -2.92. The van der Waals surface area contributed by atoms with E-state index in [1.165, 1.54) is 11.3 Å². The number of ether oxygens (including phenoxy) is 1. The van der Waals surface area contributed by atoms with E-state index in [2.05, 4.69) is 0 Å². The molecular formula is C22H21NO3S. The second kappa shape index (κ2) is 9.14. The van der Waals surface area contributed by atoms with E-state index >= 15 is 0 Å². The van der Waals surface area contributed by atoms with Crippen LogP contribution in [0, 0.1) is 6.92 Å². The van der Waals surface area contributed by atoms with Gasteiger partial charge in [0.05, 0.1) is 0 Å². The van der Waals surface area contributed by atoms with E-state index in [-0.39, 0.29) is 12.5 Å². The standard InChI is InChI=1S/C22H21NO3S/c1-17-12-13-20(27-17)22(25)26-16-21(24)23(14-18-8-4-2-5-9-18)15-19-10-6-3-7-11-19/h2-13H,14-16H2,1H3. The molecule has 2 aromatic carbocycles. The van der Waals surface area contributed by atoms with Gasteiger partial charge in [-0.1, -0.05) is 60.7 Å². The topological polar surface area (TPSA) is 46.6 Å². The summed E-state index contributed by atoms with van der Waals surface area (Å²) in [6.07, 6.45) is 0. The summed E-state index contributed by atoms with van der Waals surface area (Å²) in [6, 6.07) is 23.2. The van der Waals surface area contributed by atoms with Crippen molar-refractivity contribution in [1.29, 1.82) is 0 Å². The summed E-state index contributed by atoms with van der Waals surface area (Å²) in [4.78, 5) is 28.1. The fourth-order valence-electron chi connectivity index (χ4n) is 2.67. The van der Waals surface area contributed by atoms with Gasteiger partial charge >= 0.3 is 5.97 Å². The first kappa shape index (κ1) is 18.9. The quantitative estimate of drug-likeness (QED) is 0.570. The van der Waals surface area contributed by atoms with Crippen molar-refractivity contribution in [3.8, 4) is 0 Å². The average Bonchev–Trinajstić information content (AvgIpc) is 3.13. The summed E-state index contributed by atoms with van der Waals surface area (Å²) in [7, 11) is 0. The number of hydrogen-bond acceptors (Lipinski definition) is 4. The van der Waals surface area contributed by atoms with Crippen LogP contribution in [-0.4, -0.2) is 23.4 Å². The van der Waals surface area contributed by atoms with E-state index in [9.17, 15) is 9.59 Å². The summed E-state index contributed by atoms with van der Waals surface area (Å²) >= 11 is 1.36. The van der Waals surface area contributed by atoms with Crippen LogP contribution in [0.3, 0.4) is 0 Å². The molecule has 1 amide bonds. The molecule has 0 saturated carbocycles. The van der Waals surface area contributed by atoms with Crippen LogP contribution < -0.4 is 0 Å². The molecule has 5 heteroatoms. The highest BCUT2D eigenvalue weighted by atomic mass is 32.1. The maximum Gasteiger partial charge on any atom is 0.348 e. The Morgan fingerprint density at radius 1 is 0.852 bits per heavy atom. The van der Waals surface area contributed by atoms with Crippen LogP contribution in [0.5, 0.6) is 0 Å². The molecule has 0 aliphatic carbocycles. The first-order valence-corrected chi connectivity index (χ1v) is 9.52. The highest BCUT2D eigenvalue weighted by Gasteiger charge is 2.18. The minimum atomic E-state index is -0.458. The highest BCUT2D eigenvalue weighted by Crippen LogP contribution is 2.16. The average molecular weight is 379 g/mol. The molecule has 0 saturated heterocycles. The van der Waals surface area contributed by atoms with E-state index < -0.39 is 5.97 Å². The predicted octanol–water partition coefficient (Wildman–Crippen LogP) is 4.44. The van der Waals surface area contributed by atoms with Gasteiger partial charge in [0.1, 0.15) is 4.88 Å². The number of rotatable bonds is 7. The molecule has 138 valence electrons. The lowest BCUT2D eigenvalue weighted by atomic mass is 10.1. The number of aryl methyl sites for hydroxylation is 1. The van der Waals surface area contributed by atoms with E-state index in [4.69, 9.17) is 4.74 Å². The number of thiophene rings is 1. The van der Waals surface area contributed by atoms with Crippen molar-refractivity contribution >= 4 is 23.2 Å². The number of nitrogens with zero attached hydrogens (tertiary/aromatic N) is 1. The van der Waals surface area contributed by atoms with Gasteiger partial charge < -0.3 is 9.64 Å². The van der Waals surface area contributed by atoms with E-state index in [1.807, 2.05) is 73.7 Å². The summed E-state index contributed by atoms with van der Waals surface area (Å²) in [5.74, 6) is -0.676. The minimum absolute atomic E-state index is 0.218. The summed E-state index contributed by atoms with van der Waals surface area (Å²) in [6.45, 7) is 2.58. The van der Waals surface area contributed by atoms with Crippen LogP contribution in [0.15, 0.2) is 72.8 Å². The Morgan fingerprint density at radius 3 is 1.89 bits per heavy atom. The summed E-state index contributed by atoms with van der Waals surface area (Å²) in [5.41, 5.74) is 2.06. The van der Waals surface area contributed by atoms with Gasteiger partial charge in [-0.3, -0.25) is 4.79 Å². The van der Waals surface area contributed by atoms with Crippen molar-refractivity contribution in [1.82, 2.24) is 4.90 Å². The summed E-state index contributed by atoms with van der Waals surface area (Å²) in [5, 5.41) is 0. The number of hydrogen-bond donors (Lipinski definition) is 0. The zero-order chi connectivity index (χ0) is 19.1. The van der Waals surface area contributed by atoms with Crippen LogP contribution in [0.1, 0.15) is 25.7 Å². The molecule has 0 bridgehead atoms. The van der Waals surface area contributed by atoms with Crippen molar-refractivity contribution in [3.05, 3.63) is 93.7 Å². The molecule has 1 heterocycles. The third-order valence-electron chi connectivity index (χ3n) is 4.05. The number of benzene rings is 2. The lowest BCUT2D eigenvalue weighted by molar-refractivity contribution is -0.135. The van der Waals surface area contributed by atoms with Crippen LogP contribution in [0.25, 0.3) is 0 Å². The highest BCUT2D eigenvalue weighted by molar-refractivity contribution is 7.13. The molecule has 1 aromatic heterocycles. The Balaban J connectivity index is 1.67. The van der Waals surface area contributed by atoms with Gasteiger partial charge in [-0.15, -0.1) is 11.3 Å². The molecule has 4 nitrogen and oxygen atoms in total. The Kier molecular flexibility index (Phi) is 6.39. The second-order valence-electron chi connectivity index (χ2n) is 6.21. The Bertz CT molecular complexity index is 849. The van der Waals surface area contributed by atoms with Gasteiger partial charge in [0.15, 0.2) is 6.61 Å². The van der Waals surface area contributed by atoms with E-state index in [1.54, 1.807) is 11.0 Å². The smallest absolute Gasteiger partial charge is 0.348 e. The van der Waals surface area contributed by atoms with Gasteiger partial charge in [-0.25, -0.2) is 4.79 Å².